The molecule has 1 aliphatic carbocycles. The van der Waals surface area contributed by atoms with Gasteiger partial charge in [-0.2, -0.15) is 0 Å². The molecule has 0 saturated heterocycles. The SMILES string of the molecule is CC(CCN)c1ccc2c(c1)[nH]c(=O)n2C1CC1. The van der Waals surface area contributed by atoms with Crippen molar-refractivity contribution in [2.24, 2.45) is 5.73 Å². The zero-order chi connectivity index (χ0) is 12.7. The van der Waals surface area contributed by atoms with Crippen LogP contribution in [0.2, 0.25) is 0 Å². The Hall–Kier alpha value is -1.55. The van der Waals surface area contributed by atoms with Crippen LogP contribution in [0, 0.1) is 0 Å². The lowest BCUT2D eigenvalue weighted by Crippen LogP contribution is -2.14. The van der Waals surface area contributed by atoms with Gasteiger partial charge in [0.25, 0.3) is 0 Å². The molecule has 4 nitrogen and oxygen atoms in total. The van der Waals surface area contributed by atoms with Crippen LogP contribution in [-0.4, -0.2) is 16.1 Å². The third kappa shape index (κ3) is 1.86. The maximum absolute atomic E-state index is 11.9. The molecule has 3 rings (SSSR count). The minimum absolute atomic E-state index is 0.0242. The first-order valence-corrected chi connectivity index (χ1v) is 6.65. The van der Waals surface area contributed by atoms with Crippen molar-refractivity contribution >= 4 is 11.0 Å². The van der Waals surface area contributed by atoms with Crippen LogP contribution in [0.3, 0.4) is 0 Å². The summed E-state index contributed by atoms with van der Waals surface area (Å²) in [6.45, 7) is 2.86. The predicted octanol–water partition coefficient (Wildman–Crippen LogP) is 2.12. The highest BCUT2D eigenvalue weighted by atomic mass is 16.1. The fourth-order valence-electron chi connectivity index (χ4n) is 2.57. The lowest BCUT2D eigenvalue weighted by atomic mass is 9.97. The zero-order valence-electron chi connectivity index (χ0n) is 10.6. The molecule has 4 heteroatoms. The average Bonchev–Trinajstić information content (AvgIpc) is 3.11. The van der Waals surface area contributed by atoms with E-state index in [-0.39, 0.29) is 5.69 Å². The first kappa shape index (κ1) is 11.5. The van der Waals surface area contributed by atoms with Crippen molar-refractivity contribution in [1.82, 2.24) is 9.55 Å². The standard InChI is InChI=1S/C14H19N3O/c1-9(6-7-15)10-2-5-13-12(8-10)16-14(18)17(13)11-3-4-11/h2,5,8-9,11H,3-4,6-7,15H2,1H3,(H,16,18). The molecule has 1 saturated carbocycles. The molecule has 3 N–H and O–H groups in total. The van der Waals surface area contributed by atoms with Crippen LogP contribution in [-0.2, 0) is 0 Å². The predicted molar refractivity (Wildman–Crippen MR) is 72.9 cm³/mol. The Kier molecular flexibility index (Phi) is 2.74. The summed E-state index contributed by atoms with van der Waals surface area (Å²) in [5.41, 5.74) is 8.85. The van der Waals surface area contributed by atoms with E-state index in [2.05, 4.69) is 30.1 Å². The minimum atomic E-state index is 0.0242. The number of nitrogens with two attached hydrogens (primary N) is 1. The number of hydrogen-bond donors (Lipinski definition) is 2. The van der Waals surface area contributed by atoms with Crippen molar-refractivity contribution in [2.75, 3.05) is 6.54 Å². The highest BCUT2D eigenvalue weighted by Gasteiger charge is 2.27. The molecule has 2 aromatic rings. The molecule has 0 radical (unpaired) electrons. The molecule has 1 fully saturated rings. The Labute approximate surface area is 106 Å². The maximum Gasteiger partial charge on any atom is 0.326 e. The van der Waals surface area contributed by atoms with Gasteiger partial charge in [0.2, 0.25) is 0 Å². The normalized spacial score (nSPS) is 17.2. The molecule has 1 aromatic heterocycles. The molecule has 0 amide bonds. The molecule has 1 unspecified atom stereocenters. The van der Waals surface area contributed by atoms with E-state index >= 15 is 0 Å². The van der Waals surface area contributed by atoms with Crippen LogP contribution in [0.5, 0.6) is 0 Å². The molecular weight excluding hydrogens is 226 g/mol. The third-order valence-corrected chi connectivity index (χ3v) is 3.82. The number of hydrogen-bond acceptors (Lipinski definition) is 2. The second-order valence-corrected chi connectivity index (χ2v) is 5.29. The topological polar surface area (TPSA) is 63.8 Å². The molecule has 0 spiro atoms. The summed E-state index contributed by atoms with van der Waals surface area (Å²) < 4.78 is 1.90. The Balaban J connectivity index is 2.05. The van der Waals surface area contributed by atoms with Crippen LogP contribution >= 0.6 is 0 Å². The second kappa shape index (κ2) is 4.28. The van der Waals surface area contributed by atoms with Crippen molar-refractivity contribution in [3.05, 3.63) is 34.2 Å². The van der Waals surface area contributed by atoms with Crippen molar-refractivity contribution in [1.29, 1.82) is 0 Å². The summed E-state index contributed by atoms with van der Waals surface area (Å²) in [7, 11) is 0. The van der Waals surface area contributed by atoms with Gasteiger partial charge in [0.15, 0.2) is 0 Å². The number of aromatic nitrogens is 2. The van der Waals surface area contributed by atoms with Gasteiger partial charge in [-0.1, -0.05) is 13.0 Å². The van der Waals surface area contributed by atoms with Crippen molar-refractivity contribution < 1.29 is 0 Å². The highest BCUT2D eigenvalue weighted by molar-refractivity contribution is 5.76. The number of nitrogens with one attached hydrogen (secondary N) is 1. The summed E-state index contributed by atoms with van der Waals surface area (Å²) in [5, 5.41) is 0. The van der Waals surface area contributed by atoms with Gasteiger partial charge in [0, 0.05) is 6.04 Å². The van der Waals surface area contributed by atoms with E-state index in [0.29, 0.717) is 18.5 Å². The quantitative estimate of drug-likeness (QED) is 0.866. The monoisotopic (exact) mass is 245 g/mol. The molecule has 96 valence electrons. The Bertz CT molecular complexity index is 621. The van der Waals surface area contributed by atoms with E-state index in [0.717, 1.165) is 30.3 Å². The fourth-order valence-corrected chi connectivity index (χ4v) is 2.57. The smallest absolute Gasteiger partial charge is 0.326 e. The van der Waals surface area contributed by atoms with Crippen LogP contribution in [0.25, 0.3) is 11.0 Å². The van der Waals surface area contributed by atoms with Gasteiger partial charge in [-0.3, -0.25) is 4.57 Å². The first-order chi connectivity index (χ1) is 8.70. The van der Waals surface area contributed by atoms with Gasteiger partial charge in [-0.25, -0.2) is 4.79 Å². The Morgan fingerprint density at radius 3 is 2.94 bits per heavy atom. The average molecular weight is 245 g/mol. The maximum atomic E-state index is 11.9. The summed E-state index contributed by atoms with van der Waals surface area (Å²) in [4.78, 5) is 14.9. The number of imidazole rings is 1. The van der Waals surface area contributed by atoms with Gasteiger partial charge in [0.05, 0.1) is 11.0 Å². The summed E-state index contributed by atoms with van der Waals surface area (Å²) in [5.74, 6) is 0.437. The molecule has 0 bridgehead atoms. The molecule has 1 atom stereocenters. The molecule has 1 aliphatic rings. The van der Waals surface area contributed by atoms with Crippen LogP contribution in [0.1, 0.15) is 43.7 Å². The van der Waals surface area contributed by atoms with Crippen molar-refractivity contribution in [2.45, 2.75) is 38.1 Å². The lowest BCUT2D eigenvalue weighted by molar-refractivity contribution is 0.690. The van der Waals surface area contributed by atoms with Gasteiger partial charge in [-0.15, -0.1) is 0 Å². The zero-order valence-corrected chi connectivity index (χ0v) is 10.6. The van der Waals surface area contributed by atoms with E-state index < -0.39 is 0 Å². The van der Waals surface area contributed by atoms with E-state index in [1.165, 1.54) is 5.56 Å². The van der Waals surface area contributed by atoms with Gasteiger partial charge < -0.3 is 10.7 Å². The Morgan fingerprint density at radius 1 is 1.50 bits per heavy atom. The Morgan fingerprint density at radius 2 is 2.28 bits per heavy atom. The second-order valence-electron chi connectivity index (χ2n) is 5.29. The molecular formula is C14H19N3O. The van der Waals surface area contributed by atoms with E-state index in [1.807, 2.05) is 4.57 Å². The van der Waals surface area contributed by atoms with E-state index in [1.54, 1.807) is 0 Å². The van der Waals surface area contributed by atoms with E-state index in [9.17, 15) is 4.79 Å². The summed E-state index contributed by atoms with van der Waals surface area (Å²) in [6, 6.07) is 6.69. The third-order valence-electron chi connectivity index (χ3n) is 3.82. The number of nitrogens with zero attached hydrogens (tertiary/aromatic N) is 1. The first-order valence-electron chi connectivity index (χ1n) is 6.65. The number of benzene rings is 1. The number of H-pyrrole nitrogens is 1. The van der Waals surface area contributed by atoms with Gasteiger partial charge in [-0.05, 0) is 49.4 Å². The van der Waals surface area contributed by atoms with Crippen LogP contribution < -0.4 is 11.4 Å². The number of fused-ring (bicyclic) bond motifs is 1. The molecule has 1 aromatic carbocycles. The lowest BCUT2D eigenvalue weighted by Gasteiger charge is -2.10. The highest BCUT2D eigenvalue weighted by Crippen LogP contribution is 2.36. The molecule has 18 heavy (non-hydrogen) atoms. The van der Waals surface area contributed by atoms with E-state index in [4.69, 9.17) is 5.73 Å². The molecule has 0 aliphatic heterocycles. The molecule has 1 heterocycles. The minimum Gasteiger partial charge on any atom is -0.330 e. The van der Waals surface area contributed by atoms with Gasteiger partial charge in [0.1, 0.15) is 0 Å². The largest absolute Gasteiger partial charge is 0.330 e. The summed E-state index contributed by atoms with van der Waals surface area (Å²) in [6.07, 6.45) is 3.22. The fraction of sp³-hybridized carbons (Fsp3) is 0.500. The van der Waals surface area contributed by atoms with Crippen molar-refractivity contribution in [3.8, 4) is 0 Å². The van der Waals surface area contributed by atoms with Gasteiger partial charge >= 0.3 is 5.69 Å². The van der Waals surface area contributed by atoms with Crippen LogP contribution in [0.4, 0.5) is 0 Å². The van der Waals surface area contributed by atoms with Crippen molar-refractivity contribution in [3.63, 3.8) is 0 Å². The number of rotatable bonds is 4. The van der Waals surface area contributed by atoms with Crippen LogP contribution in [0.15, 0.2) is 23.0 Å². The summed E-state index contributed by atoms with van der Waals surface area (Å²) >= 11 is 0. The number of aromatic amines is 1.